The molecule has 1 aliphatic carbocycles. The number of nitriles is 1. The molecule has 0 aliphatic heterocycles. The van der Waals surface area contributed by atoms with Crippen LogP contribution in [0.1, 0.15) is 22.4 Å². The average Bonchev–Trinajstić information content (AvgIpc) is 3.14. The molecule has 0 saturated heterocycles. The quantitative estimate of drug-likeness (QED) is 0.865. The first-order valence-electron chi connectivity index (χ1n) is 7.66. The van der Waals surface area contributed by atoms with E-state index in [2.05, 4.69) is 11.4 Å². The van der Waals surface area contributed by atoms with Crippen LogP contribution in [0.3, 0.4) is 0 Å². The largest absolute Gasteiger partial charge is 0.497 e. The van der Waals surface area contributed by atoms with Crippen molar-refractivity contribution < 1.29 is 17.9 Å². The van der Waals surface area contributed by atoms with Crippen LogP contribution in [0.4, 0.5) is 5.00 Å². The number of sulfone groups is 1. The van der Waals surface area contributed by atoms with Crippen molar-refractivity contribution in [3.8, 4) is 11.8 Å². The average molecular weight is 376 g/mol. The standard InChI is InChI=1S/C17H16N2O4S2/c1-23-11-5-7-12(8-6-11)25(21,22)10-16(20)19-17-14(9-18)13-3-2-4-15(13)24-17/h5-8H,2-4,10H2,1H3,(H,19,20). The van der Waals surface area contributed by atoms with Gasteiger partial charge in [0.15, 0.2) is 9.84 Å². The fourth-order valence-electron chi connectivity index (χ4n) is 2.81. The molecule has 1 aromatic heterocycles. The maximum Gasteiger partial charge on any atom is 0.240 e. The number of benzene rings is 1. The molecule has 0 fully saturated rings. The van der Waals surface area contributed by atoms with Gasteiger partial charge < -0.3 is 10.1 Å². The van der Waals surface area contributed by atoms with Crippen LogP contribution < -0.4 is 10.1 Å². The van der Waals surface area contributed by atoms with Gasteiger partial charge in [0.2, 0.25) is 5.91 Å². The van der Waals surface area contributed by atoms with E-state index in [1.54, 1.807) is 0 Å². The molecular weight excluding hydrogens is 360 g/mol. The number of rotatable bonds is 5. The summed E-state index contributed by atoms with van der Waals surface area (Å²) >= 11 is 1.36. The van der Waals surface area contributed by atoms with Crippen LogP contribution in [0.15, 0.2) is 29.2 Å². The van der Waals surface area contributed by atoms with E-state index in [4.69, 9.17) is 4.74 Å². The number of anilines is 1. The highest BCUT2D eigenvalue weighted by molar-refractivity contribution is 7.92. The van der Waals surface area contributed by atoms with Gasteiger partial charge in [-0.15, -0.1) is 11.3 Å². The van der Waals surface area contributed by atoms with Gasteiger partial charge in [0.05, 0.1) is 17.6 Å². The van der Waals surface area contributed by atoms with Crippen LogP contribution in [0.2, 0.25) is 0 Å². The molecule has 0 unspecified atom stereocenters. The van der Waals surface area contributed by atoms with Gasteiger partial charge >= 0.3 is 0 Å². The molecule has 2 aromatic rings. The summed E-state index contributed by atoms with van der Waals surface area (Å²) in [5.41, 5.74) is 1.45. The van der Waals surface area contributed by atoms with Crippen molar-refractivity contribution in [3.05, 3.63) is 40.3 Å². The zero-order valence-corrected chi connectivity index (χ0v) is 15.2. The fraction of sp³-hybridized carbons (Fsp3) is 0.294. The van der Waals surface area contributed by atoms with Crippen LogP contribution in [-0.4, -0.2) is 27.2 Å². The molecule has 1 heterocycles. The molecule has 0 bridgehead atoms. The molecule has 1 aromatic carbocycles. The summed E-state index contributed by atoms with van der Waals surface area (Å²) in [7, 11) is -2.28. The highest BCUT2D eigenvalue weighted by Crippen LogP contribution is 2.38. The highest BCUT2D eigenvalue weighted by Gasteiger charge is 2.25. The molecule has 3 rings (SSSR count). The molecular formula is C17H16N2O4S2. The Hall–Kier alpha value is -2.37. The number of nitrogens with zero attached hydrogens (tertiary/aromatic N) is 1. The van der Waals surface area contributed by atoms with Gasteiger partial charge in [0.1, 0.15) is 22.6 Å². The molecule has 0 atom stereocenters. The Morgan fingerprint density at radius 3 is 2.68 bits per heavy atom. The molecule has 0 radical (unpaired) electrons. The van der Waals surface area contributed by atoms with Gasteiger partial charge in [-0.25, -0.2) is 8.42 Å². The van der Waals surface area contributed by atoms with Crippen LogP contribution in [-0.2, 0) is 27.5 Å². The van der Waals surface area contributed by atoms with E-state index in [9.17, 15) is 18.5 Å². The minimum absolute atomic E-state index is 0.0534. The molecule has 1 amide bonds. The Morgan fingerprint density at radius 1 is 1.32 bits per heavy atom. The number of amides is 1. The molecule has 1 N–H and O–H groups in total. The van der Waals surface area contributed by atoms with Gasteiger partial charge in [0, 0.05) is 4.88 Å². The Kier molecular flexibility index (Phi) is 4.79. The second kappa shape index (κ2) is 6.86. The van der Waals surface area contributed by atoms with E-state index >= 15 is 0 Å². The van der Waals surface area contributed by atoms with Crippen LogP contribution in [0.25, 0.3) is 0 Å². The minimum atomic E-state index is -3.76. The monoisotopic (exact) mass is 376 g/mol. The number of methoxy groups -OCH3 is 1. The summed E-state index contributed by atoms with van der Waals surface area (Å²) in [6.07, 6.45) is 2.74. The van der Waals surface area contributed by atoms with Crippen LogP contribution >= 0.6 is 11.3 Å². The van der Waals surface area contributed by atoms with E-state index in [-0.39, 0.29) is 4.90 Å². The normalized spacial score (nSPS) is 13.1. The lowest BCUT2D eigenvalue weighted by molar-refractivity contribution is -0.113. The number of hydrogen-bond donors (Lipinski definition) is 1. The molecule has 6 nitrogen and oxygen atoms in total. The topological polar surface area (TPSA) is 96.3 Å². The highest BCUT2D eigenvalue weighted by atomic mass is 32.2. The first-order valence-corrected chi connectivity index (χ1v) is 10.1. The molecule has 130 valence electrons. The third-order valence-electron chi connectivity index (χ3n) is 4.03. The first kappa shape index (κ1) is 17.5. The molecule has 0 saturated carbocycles. The van der Waals surface area contributed by atoms with Gasteiger partial charge in [-0.2, -0.15) is 5.26 Å². The summed E-state index contributed by atoms with van der Waals surface area (Å²) in [5, 5.41) is 12.4. The van der Waals surface area contributed by atoms with E-state index < -0.39 is 21.5 Å². The van der Waals surface area contributed by atoms with Gasteiger partial charge in [-0.3, -0.25) is 4.79 Å². The van der Waals surface area contributed by atoms with Crippen molar-refractivity contribution in [3.63, 3.8) is 0 Å². The number of nitrogens with one attached hydrogen (secondary N) is 1. The van der Waals surface area contributed by atoms with Crippen molar-refractivity contribution in [1.82, 2.24) is 0 Å². The third-order valence-corrected chi connectivity index (χ3v) is 6.87. The maximum atomic E-state index is 12.4. The van der Waals surface area contributed by atoms with Crippen molar-refractivity contribution in [2.24, 2.45) is 0 Å². The van der Waals surface area contributed by atoms with E-state index in [0.717, 1.165) is 29.7 Å². The van der Waals surface area contributed by atoms with Crippen molar-refractivity contribution in [1.29, 1.82) is 5.26 Å². The van der Waals surface area contributed by atoms with Gasteiger partial charge in [-0.1, -0.05) is 0 Å². The van der Waals surface area contributed by atoms with Crippen LogP contribution in [0, 0.1) is 11.3 Å². The lowest BCUT2D eigenvalue weighted by Gasteiger charge is -2.07. The molecule has 0 spiro atoms. The van der Waals surface area contributed by atoms with Gasteiger partial charge in [-0.05, 0) is 49.1 Å². The Labute approximate surface area is 150 Å². The Morgan fingerprint density at radius 2 is 2.04 bits per heavy atom. The summed E-state index contributed by atoms with van der Waals surface area (Å²) < 4.78 is 29.7. The number of hydrogen-bond acceptors (Lipinski definition) is 6. The summed E-state index contributed by atoms with van der Waals surface area (Å²) in [6.45, 7) is 0. The maximum absolute atomic E-state index is 12.4. The minimum Gasteiger partial charge on any atom is -0.497 e. The second-order valence-electron chi connectivity index (χ2n) is 5.66. The number of aryl methyl sites for hydroxylation is 1. The van der Waals surface area contributed by atoms with Crippen molar-refractivity contribution in [2.45, 2.75) is 24.2 Å². The Bertz CT molecular complexity index is 954. The summed E-state index contributed by atoms with van der Waals surface area (Å²) in [6, 6.07) is 7.99. The zero-order chi connectivity index (χ0) is 18.0. The third kappa shape index (κ3) is 3.52. The summed E-state index contributed by atoms with van der Waals surface area (Å²) in [4.78, 5) is 13.4. The predicted octanol–water partition coefficient (Wildman–Crippen LogP) is 2.53. The molecule has 25 heavy (non-hydrogen) atoms. The smallest absolute Gasteiger partial charge is 0.240 e. The van der Waals surface area contributed by atoms with Crippen molar-refractivity contribution in [2.75, 3.05) is 18.2 Å². The lowest BCUT2D eigenvalue weighted by atomic mass is 10.1. The number of ether oxygens (including phenoxy) is 1. The second-order valence-corrected chi connectivity index (χ2v) is 8.75. The fourth-order valence-corrected chi connectivity index (χ4v) is 5.20. The van der Waals surface area contributed by atoms with Gasteiger partial charge in [0.25, 0.3) is 0 Å². The number of fused-ring (bicyclic) bond motifs is 1. The number of thiophene rings is 1. The number of carbonyl (C=O) groups is 1. The SMILES string of the molecule is COc1ccc(S(=O)(=O)CC(=O)Nc2sc3c(c2C#N)CCC3)cc1. The van der Waals surface area contributed by atoms with E-state index in [1.165, 1.54) is 42.7 Å². The Balaban J connectivity index is 1.75. The molecule has 8 heteroatoms. The first-order chi connectivity index (χ1) is 11.9. The zero-order valence-electron chi connectivity index (χ0n) is 13.5. The van der Waals surface area contributed by atoms with Crippen LogP contribution in [0.5, 0.6) is 5.75 Å². The van der Waals surface area contributed by atoms with E-state index in [0.29, 0.717) is 16.3 Å². The lowest BCUT2D eigenvalue weighted by Crippen LogP contribution is -2.23. The van der Waals surface area contributed by atoms with E-state index in [1.807, 2.05) is 0 Å². The summed E-state index contributed by atoms with van der Waals surface area (Å²) in [5.74, 6) is -0.783. The molecule has 1 aliphatic rings. The van der Waals surface area contributed by atoms with Crippen molar-refractivity contribution >= 4 is 32.1 Å². The predicted molar refractivity (Wildman–Crippen MR) is 94.7 cm³/mol. The number of carbonyl (C=O) groups excluding carboxylic acids is 1.